The molecule has 0 aromatic carbocycles. The predicted molar refractivity (Wildman–Crippen MR) is 71.6 cm³/mol. The van der Waals surface area contributed by atoms with Crippen LogP contribution in [0.15, 0.2) is 11.8 Å². The number of esters is 1. The van der Waals surface area contributed by atoms with Gasteiger partial charge in [-0.05, 0) is 51.1 Å². The van der Waals surface area contributed by atoms with E-state index in [2.05, 4.69) is 5.32 Å². The van der Waals surface area contributed by atoms with Crippen molar-refractivity contribution in [3.05, 3.63) is 11.8 Å². The van der Waals surface area contributed by atoms with Gasteiger partial charge in [0.2, 0.25) is 5.91 Å². The number of amides is 1. The summed E-state index contributed by atoms with van der Waals surface area (Å²) < 4.78 is 5.01. The molecule has 3 heterocycles. The van der Waals surface area contributed by atoms with Crippen molar-refractivity contribution in [2.75, 3.05) is 19.7 Å². The molecule has 2 saturated heterocycles. The normalized spacial score (nSPS) is 32.7. The molecule has 1 saturated carbocycles. The summed E-state index contributed by atoms with van der Waals surface area (Å²) in [6.45, 7) is 2.11. The van der Waals surface area contributed by atoms with E-state index in [1.807, 2.05) is 4.90 Å². The Bertz CT molecular complexity index is 489. The van der Waals surface area contributed by atoms with Gasteiger partial charge in [0.15, 0.2) is 0 Å². The standard InChI is InChI=1S/C15H20N2O3/c18-13-7-11(9-20-13)17-12(10-1-2-10)8-15(14(17)19)3-5-16-6-4-15/h7,10,12,16H,1-6,8-9H2. The van der Waals surface area contributed by atoms with Crippen LogP contribution in [0.3, 0.4) is 0 Å². The predicted octanol–water partition coefficient (Wildman–Crippen LogP) is 0.808. The molecule has 1 spiro atoms. The number of carbonyl (C=O) groups is 2. The van der Waals surface area contributed by atoms with Gasteiger partial charge in [0.05, 0.1) is 11.1 Å². The van der Waals surface area contributed by atoms with E-state index in [0.717, 1.165) is 38.0 Å². The van der Waals surface area contributed by atoms with Crippen molar-refractivity contribution >= 4 is 11.9 Å². The van der Waals surface area contributed by atoms with E-state index in [1.54, 1.807) is 0 Å². The Balaban J connectivity index is 1.66. The highest BCUT2D eigenvalue weighted by atomic mass is 16.5. The molecule has 20 heavy (non-hydrogen) atoms. The van der Waals surface area contributed by atoms with Crippen LogP contribution in [-0.4, -0.2) is 42.5 Å². The van der Waals surface area contributed by atoms with Crippen LogP contribution in [0.2, 0.25) is 0 Å². The molecule has 5 nitrogen and oxygen atoms in total. The number of cyclic esters (lactones) is 1. The molecule has 5 heteroatoms. The molecule has 0 radical (unpaired) electrons. The maximum atomic E-state index is 13.0. The molecule has 0 aromatic heterocycles. The Kier molecular flexibility index (Phi) is 2.67. The zero-order valence-corrected chi connectivity index (χ0v) is 11.6. The highest BCUT2D eigenvalue weighted by Crippen LogP contribution is 2.51. The monoisotopic (exact) mass is 276 g/mol. The minimum Gasteiger partial charge on any atom is -0.456 e. The molecule has 4 aliphatic rings. The summed E-state index contributed by atoms with van der Waals surface area (Å²) in [5.41, 5.74) is 0.595. The summed E-state index contributed by atoms with van der Waals surface area (Å²) in [5.74, 6) is 0.555. The molecule has 0 aromatic rings. The van der Waals surface area contributed by atoms with Crippen LogP contribution >= 0.6 is 0 Å². The third kappa shape index (κ3) is 1.79. The van der Waals surface area contributed by atoms with Gasteiger partial charge in [0, 0.05) is 12.1 Å². The Hall–Kier alpha value is -1.36. The zero-order valence-electron chi connectivity index (χ0n) is 11.6. The lowest BCUT2D eigenvalue weighted by molar-refractivity contribution is -0.138. The Morgan fingerprint density at radius 1 is 1.25 bits per heavy atom. The molecule has 3 aliphatic heterocycles. The van der Waals surface area contributed by atoms with Crippen molar-refractivity contribution in [1.29, 1.82) is 0 Å². The van der Waals surface area contributed by atoms with Gasteiger partial charge in [-0.15, -0.1) is 0 Å². The van der Waals surface area contributed by atoms with Crippen LogP contribution in [0.5, 0.6) is 0 Å². The van der Waals surface area contributed by atoms with Gasteiger partial charge in [-0.25, -0.2) is 4.79 Å². The average molecular weight is 276 g/mol. The summed E-state index contributed by atoms with van der Waals surface area (Å²) in [5, 5.41) is 3.34. The first-order valence-electron chi connectivity index (χ1n) is 7.61. The topological polar surface area (TPSA) is 58.6 Å². The fraction of sp³-hybridized carbons (Fsp3) is 0.733. The Morgan fingerprint density at radius 2 is 2.00 bits per heavy atom. The summed E-state index contributed by atoms with van der Waals surface area (Å²) in [7, 11) is 0. The summed E-state index contributed by atoms with van der Waals surface area (Å²) in [4.78, 5) is 26.3. The fourth-order valence-electron chi connectivity index (χ4n) is 4.01. The lowest BCUT2D eigenvalue weighted by Gasteiger charge is -2.32. The van der Waals surface area contributed by atoms with Crippen LogP contribution < -0.4 is 5.32 Å². The summed E-state index contributed by atoms with van der Waals surface area (Å²) in [6.07, 6.45) is 6.74. The Morgan fingerprint density at radius 3 is 2.60 bits per heavy atom. The number of carbonyl (C=O) groups excluding carboxylic acids is 2. The first-order valence-corrected chi connectivity index (χ1v) is 7.61. The SMILES string of the molecule is O=C1C=C(N2C(=O)C3(CCNCC3)CC2C2CC2)CO1. The third-order valence-corrected chi connectivity index (χ3v) is 5.29. The van der Waals surface area contributed by atoms with Crippen molar-refractivity contribution in [3.8, 4) is 0 Å². The highest BCUT2D eigenvalue weighted by Gasteiger charge is 2.56. The van der Waals surface area contributed by atoms with E-state index in [1.165, 1.54) is 18.9 Å². The molecule has 1 N–H and O–H groups in total. The van der Waals surface area contributed by atoms with Gasteiger partial charge >= 0.3 is 5.97 Å². The van der Waals surface area contributed by atoms with Gasteiger partial charge in [-0.1, -0.05) is 0 Å². The first kappa shape index (κ1) is 12.4. The molecule has 108 valence electrons. The molecule has 3 fully saturated rings. The van der Waals surface area contributed by atoms with Gasteiger partial charge in [0.1, 0.15) is 6.61 Å². The molecule has 0 bridgehead atoms. The maximum Gasteiger partial charge on any atom is 0.333 e. The van der Waals surface area contributed by atoms with E-state index in [9.17, 15) is 9.59 Å². The number of rotatable bonds is 2. The summed E-state index contributed by atoms with van der Waals surface area (Å²) >= 11 is 0. The number of likely N-dealkylation sites (tertiary alicyclic amines) is 1. The second-order valence-electron chi connectivity index (χ2n) is 6.56. The van der Waals surface area contributed by atoms with Gasteiger partial charge < -0.3 is 15.0 Å². The molecule has 1 aliphatic carbocycles. The molecule has 1 unspecified atom stereocenters. The minimum absolute atomic E-state index is 0.189. The van der Waals surface area contributed by atoms with E-state index < -0.39 is 0 Å². The van der Waals surface area contributed by atoms with Crippen LogP contribution in [0.1, 0.15) is 32.1 Å². The van der Waals surface area contributed by atoms with Gasteiger partial charge in [-0.2, -0.15) is 0 Å². The number of piperidine rings is 1. The number of hydrogen-bond acceptors (Lipinski definition) is 4. The molecular formula is C15H20N2O3. The maximum absolute atomic E-state index is 13.0. The van der Waals surface area contributed by atoms with Crippen LogP contribution in [-0.2, 0) is 14.3 Å². The quantitative estimate of drug-likeness (QED) is 0.758. The molecule has 4 rings (SSSR count). The molecule has 1 amide bonds. The van der Waals surface area contributed by atoms with Gasteiger partial charge in [-0.3, -0.25) is 4.79 Å². The lowest BCUT2D eigenvalue weighted by Crippen LogP contribution is -2.43. The first-order chi connectivity index (χ1) is 9.70. The van der Waals surface area contributed by atoms with E-state index in [4.69, 9.17) is 4.74 Å². The minimum atomic E-state index is -0.311. The van der Waals surface area contributed by atoms with Crippen molar-refractivity contribution < 1.29 is 14.3 Å². The van der Waals surface area contributed by atoms with E-state index in [0.29, 0.717) is 12.0 Å². The van der Waals surface area contributed by atoms with Crippen molar-refractivity contribution in [3.63, 3.8) is 0 Å². The highest BCUT2D eigenvalue weighted by molar-refractivity contribution is 5.91. The second-order valence-corrected chi connectivity index (χ2v) is 6.56. The summed E-state index contributed by atoms with van der Waals surface area (Å²) in [6, 6.07) is 0.293. The zero-order chi connectivity index (χ0) is 13.7. The average Bonchev–Trinajstić information content (AvgIpc) is 3.16. The smallest absolute Gasteiger partial charge is 0.333 e. The van der Waals surface area contributed by atoms with Crippen LogP contribution in [0.25, 0.3) is 0 Å². The van der Waals surface area contributed by atoms with E-state index >= 15 is 0 Å². The van der Waals surface area contributed by atoms with Crippen LogP contribution in [0, 0.1) is 11.3 Å². The van der Waals surface area contributed by atoms with Crippen molar-refractivity contribution in [1.82, 2.24) is 10.2 Å². The number of ether oxygens (including phenoxy) is 1. The largest absolute Gasteiger partial charge is 0.456 e. The lowest BCUT2D eigenvalue weighted by atomic mass is 9.76. The van der Waals surface area contributed by atoms with Crippen molar-refractivity contribution in [2.24, 2.45) is 11.3 Å². The number of nitrogens with one attached hydrogen (secondary N) is 1. The number of hydrogen-bond donors (Lipinski definition) is 1. The van der Waals surface area contributed by atoms with Gasteiger partial charge in [0.25, 0.3) is 0 Å². The number of nitrogens with zero attached hydrogens (tertiary/aromatic N) is 1. The fourth-order valence-corrected chi connectivity index (χ4v) is 4.01. The Labute approximate surface area is 118 Å². The molecular weight excluding hydrogens is 256 g/mol. The van der Waals surface area contributed by atoms with Crippen molar-refractivity contribution in [2.45, 2.75) is 38.1 Å². The van der Waals surface area contributed by atoms with Crippen LogP contribution in [0.4, 0.5) is 0 Å². The second kappa shape index (κ2) is 4.32. The molecule has 1 atom stereocenters. The third-order valence-electron chi connectivity index (χ3n) is 5.29. The van der Waals surface area contributed by atoms with E-state index in [-0.39, 0.29) is 23.9 Å².